The molecule has 2 aromatic carbocycles. The molecule has 1 heterocycles. The highest BCUT2D eigenvalue weighted by atomic mass is 32.2. The molecule has 1 amide bonds. The predicted octanol–water partition coefficient (Wildman–Crippen LogP) is 5.11. The molecule has 0 aliphatic rings. The molecule has 0 saturated carbocycles. The monoisotopic (exact) mass is 465 g/mol. The Balaban J connectivity index is 1.71. The van der Waals surface area contributed by atoms with Crippen LogP contribution in [-0.2, 0) is 11.3 Å². The smallest absolute Gasteiger partial charge is 0.270 e. The second-order valence-electron chi connectivity index (χ2n) is 6.35. The van der Waals surface area contributed by atoms with Crippen LogP contribution < -0.4 is 4.80 Å². The first-order chi connectivity index (χ1) is 14.5. The van der Waals surface area contributed by atoms with Crippen LogP contribution in [0.25, 0.3) is 10.2 Å². The first-order valence-corrected chi connectivity index (χ1v) is 12.4. The number of thiazole rings is 1. The number of non-ortho nitro benzene ring substituents is 1. The Morgan fingerprint density at radius 3 is 2.70 bits per heavy atom. The number of fused-ring (bicyclic) bond motifs is 1. The number of aromatic nitrogens is 1. The molecule has 0 spiro atoms. The van der Waals surface area contributed by atoms with E-state index in [1.807, 2.05) is 10.8 Å². The van der Waals surface area contributed by atoms with Crippen molar-refractivity contribution in [2.24, 2.45) is 4.99 Å². The molecule has 0 aliphatic carbocycles. The standard InChI is InChI=1S/C20H20FN3O3S3/c1-28-12-10-23-17-9-6-15(24(26)27)13-18(17)30-20(23)22-19(25)3-2-11-29-16-7-4-14(21)5-8-16/h4-9,13H,2-3,10-12H2,1H3. The highest BCUT2D eigenvalue weighted by Crippen LogP contribution is 2.24. The van der Waals surface area contributed by atoms with E-state index in [1.54, 1.807) is 41.7 Å². The van der Waals surface area contributed by atoms with Gasteiger partial charge >= 0.3 is 0 Å². The van der Waals surface area contributed by atoms with E-state index >= 15 is 0 Å². The molecule has 1 aromatic heterocycles. The van der Waals surface area contributed by atoms with E-state index in [-0.39, 0.29) is 17.4 Å². The molecule has 158 valence electrons. The summed E-state index contributed by atoms with van der Waals surface area (Å²) < 4.78 is 15.6. The number of nitro groups is 1. The molecule has 0 unspecified atom stereocenters. The van der Waals surface area contributed by atoms with E-state index in [0.717, 1.165) is 26.6 Å². The largest absolute Gasteiger partial charge is 0.316 e. The molecule has 3 aromatic rings. The topological polar surface area (TPSA) is 77.5 Å². The molecule has 6 nitrogen and oxygen atoms in total. The zero-order chi connectivity index (χ0) is 21.5. The summed E-state index contributed by atoms with van der Waals surface area (Å²) in [6.45, 7) is 0.672. The molecule has 0 bridgehead atoms. The quantitative estimate of drug-likeness (QED) is 0.190. The van der Waals surface area contributed by atoms with Gasteiger partial charge in [-0.15, -0.1) is 11.8 Å². The average molecular weight is 466 g/mol. The fourth-order valence-electron chi connectivity index (χ4n) is 2.77. The molecule has 0 N–H and O–H groups in total. The minimum Gasteiger partial charge on any atom is -0.316 e. The van der Waals surface area contributed by atoms with E-state index in [2.05, 4.69) is 4.99 Å². The molecule has 0 aliphatic heterocycles. The Morgan fingerprint density at radius 1 is 1.23 bits per heavy atom. The van der Waals surface area contributed by atoms with E-state index in [0.29, 0.717) is 24.2 Å². The van der Waals surface area contributed by atoms with Crippen LogP contribution in [0.3, 0.4) is 0 Å². The summed E-state index contributed by atoms with van der Waals surface area (Å²) in [5.41, 5.74) is 0.870. The van der Waals surface area contributed by atoms with Crippen LogP contribution in [0.15, 0.2) is 52.4 Å². The van der Waals surface area contributed by atoms with Gasteiger partial charge in [-0.2, -0.15) is 16.8 Å². The maximum absolute atomic E-state index is 12.9. The lowest BCUT2D eigenvalue weighted by molar-refractivity contribution is -0.384. The molecule has 0 radical (unpaired) electrons. The molecular weight excluding hydrogens is 445 g/mol. The van der Waals surface area contributed by atoms with Gasteiger partial charge in [0.1, 0.15) is 5.82 Å². The third-order valence-corrected chi connectivity index (χ3v) is 6.96. The maximum Gasteiger partial charge on any atom is 0.270 e. The summed E-state index contributed by atoms with van der Waals surface area (Å²) in [6.07, 6.45) is 2.97. The van der Waals surface area contributed by atoms with Crippen LogP contribution in [0.1, 0.15) is 12.8 Å². The van der Waals surface area contributed by atoms with E-state index < -0.39 is 4.92 Å². The van der Waals surface area contributed by atoms with E-state index in [4.69, 9.17) is 0 Å². The van der Waals surface area contributed by atoms with Crippen LogP contribution in [0.4, 0.5) is 10.1 Å². The van der Waals surface area contributed by atoms with Crippen molar-refractivity contribution in [2.45, 2.75) is 24.3 Å². The van der Waals surface area contributed by atoms with Gasteiger partial charge in [-0.25, -0.2) is 4.39 Å². The van der Waals surface area contributed by atoms with E-state index in [1.165, 1.54) is 35.6 Å². The van der Waals surface area contributed by atoms with Crippen molar-refractivity contribution in [2.75, 3.05) is 17.8 Å². The van der Waals surface area contributed by atoms with Gasteiger partial charge in [-0.1, -0.05) is 11.3 Å². The third kappa shape index (κ3) is 5.93. The van der Waals surface area contributed by atoms with Crippen molar-refractivity contribution < 1.29 is 14.1 Å². The average Bonchev–Trinajstić information content (AvgIpc) is 3.06. The highest BCUT2D eigenvalue weighted by Gasteiger charge is 2.12. The van der Waals surface area contributed by atoms with Crippen LogP contribution in [-0.4, -0.2) is 33.2 Å². The summed E-state index contributed by atoms with van der Waals surface area (Å²) in [6, 6.07) is 11.0. The zero-order valence-corrected chi connectivity index (χ0v) is 18.7. The Labute approximate surface area is 185 Å². The van der Waals surface area contributed by atoms with Gasteiger partial charge < -0.3 is 4.57 Å². The van der Waals surface area contributed by atoms with Crippen molar-refractivity contribution in [1.82, 2.24) is 4.57 Å². The summed E-state index contributed by atoms with van der Waals surface area (Å²) >= 11 is 4.55. The number of benzene rings is 2. The zero-order valence-electron chi connectivity index (χ0n) is 16.2. The minimum atomic E-state index is -0.424. The van der Waals surface area contributed by atoms with Gasteiger partial charge in [0.15, 0.2) is 4.80 Å². The molecule has 0 fully saturated rings. The van der Waals surface area contributed by atoms with Gasteiger partial charge in [0.2, 0.25) is 5.91 Å². The fraction of sp³-hybridized carbons (Fsp3) is 0.300. The Morgan fingerprint density at radius 2 is 2.00 bits per heavy atom. The Hall–Kier alpha value is -2.17. The van der Waals surface area contributed by atoms with Crippen molar-refractivity contribution in [3.8, 4) is 0 Å². The number of aryl methyl sites for hydroxylation is 1. The number of carbonyl (C=O) groups is 1. The van der Waals surface area contributed by atoms with Crippen molar-refractivity contribution in [3.05, 3.63) is 63.2 Å². The second-order valence-corrected chi connectivity index (χ2v) is 9.51. The van der Waals surface area contributed by atoms with Crippen LogP contribution in [0.2, 0.25) is 0 Å². The second kappa shape index (κ2) is 10.7. The van der Waals surface area contributed by atoms with Crippen molar-refractivity contribution >= 4 is 56.7 Å². The summed E-state index contributed by atoms with van der Waals surface area (Å²) in [4.78, 5) is 28.8. The van der Waals surface area contributed by atoms with Gasteiger partial charge in [-0.05, 0) is 48.8 Å². The summed E-state index contributed by atoms with van der Waals surface area (Å²) in [7, 11) is 0. The van der Waals surface area contributed by atoms with E-state index in [9.17, 15) is 19.3 Å². The van der Waals surface area contributed by atoms with Crippen molar-refractivity contribution in [3.63, 3.8) is 0 Å². The van der Waals surface area contributed by atoms with Gasteiger partial charge in [0, 0.05) is 35.7 Å². The molecule has 10 heteroatoms. The molecule has 0 saturated heterocycles. The first-order valence-electron chi connectivity index (χ1n) is 9.20. The van der Waals surface area contributed by atoms with Crippen LogP contribution >= 0.6 is 34.9 Å². The van der Waals surface area contributed by atoms with Gasteiger partial charge in [0.05, 0.1) is 15.1 Å². The number of nitrogens with zero attached hydrogens (tertiary/aromatic N) is 3. The number of carbonyl (C=O) groups excluding carboxylic acids is 1. The number of thioether (sulfide) groups is 2. The van der Waals surface area contributed by atoms with Crippen molar-refractivity contribution in [1.29, 1.82) is 0 Å². The van der Waals surface area contributed by atoms with Crippen LogP contribution in [0.5, 0.6) is 0 Å². The number of amides is 1. The number of nitro benzene ring substituents is 1. The number of hydrogen-bond acceptors (Lipinski definition) is 6. The Bertz CT molecular complexity index is 1110. The molecule has 0 atom stereocenters. The number of rotatable bonds is 9. The maximum atomic E-state index is 12.9. The Kier molecular flexibility index (Phi) is 8.06. The predicted molar refractivity (Wildman–Crippen MR) is 122 cm³/mol. The summed E-state index contributed by atoms with van der Waals surface area (Å²) in [5, 5.41) is 11.1. The molecular formula is C20H20FN3O3S3. The highest BCUT2D eigenvalue weighted by molar-refractivity contribution is 7.99. The number of halogens is 1. The lowest BCUT2D eigenvalue weighted by Gasteiger charge is -2.03. The normalized spacial score (nSPS) is 11.9. The lowest BCUT2D eigenvalue weighted by Crippen LogP contribution is -2.18. The lowest BCUT2D eigenvalue weighted by atomic mass is 10.3. The van der Waals surface area contributed by atoms with Gasteiger partial charge in [-0.3, -0.25) is 14.9 Å². The first kappa shape index (κ1) is 22.5. The molecule has 3 rings (SSSR count). The van der Waals surface area contributed by atoms with Gasteiger partial charge in [0.25, 0.3) is 5.69 Å². The summed E-state index contributed by atoms with van der Waals surface area (Å²) in [5.74, 6) is 1.10. The number of hydrogen-bond donors (Lipinski definition) is 0. The molecule has 30 heavy (non-hydrogen) atoms. The fourth-order valence-corrected chi connectivity index (χ4v) is 5.09. The van der Waals surface area contributed by atoms with Crippen LogP contribution in [0, 0.1) is 15.9 Å². The SMILES string of the molecule is CSCCn1c(=NC(=O)CCCSc2ccc(F)cc2)sc2cc([N+](=O)[O-])ccc21. The third-order valence-electron chi connectivity index (χ3n) is 4.23. The minimum absolute atomic E-state index is 0.0245.